The van der Waals surface area contributed by atoms with Gasteiger partial charge in [-0.1, -0.05) is 12.1 Å². The maximum absolute atomic E-state index is 12.8. The van der Waals surface area contributed by atoms with Crippen LogP contribution in [-0.2, 0) is 21.2 Å². The predicted octanol–water partition coefficient (Wildman–Crippen LogP) is 2.18. The van der Waals surface area contributed by atoms with Gasteiger partial charge in [0, 0.05) is 38.1 Å². The Morgan fingerprint density at radius 1 is 1.04 bits per heavy atom. The van der Waals surface area contributed by atoms with Gasteiger partial charge < -0.3 is 10.2 Å². The van der Waals surface area contributed by atoms with Crippen molar-refractivity contribution in [1.82, 2.24) is 14.5 Å². The zero-order chi connectivity index (χ0) is 18.9. The second-order valence-corrected chi connectivity index (χ2v) is 9.87. The third-order valence-electron chi connectivity index (χ3n) is 6.20. The summed E-state index contributed by atoms with van der Waals surface area (Å²) >= 11 is 0. The Morgan fingerprint density at radius 3 is 2.43 bits per heavy atom. The third-order valence-corrected chi connectivity index (χ3v) is 8.11. The highest BCUT2D eigenvalue weighted by atomic mass is 35.5. The molecule has 4 rings (SSSR count). The molecule has 3 aliphatic heterocycles. The topological polar surface area (TPSA) is 69.7 Å². The van der Waals surface area contributed by atoms with E-state index in [1.165, 1.54) is 0 Å². The molecule has 3 aliphatic rings. The highest BCUT2D eigenvalue weighted by Gasteiger charge is 2.37. The van der Waals surface area contributed by atoms with Crippen molar-refractivity contribution in [2.75, 3.05) is 26.2 Å². The Morgan fingerprint density at radius 2 is 1.71 bits per heavy atom. The first kappa shape index (κ1) is 21.6. The number of nitrogens with one attached hydrogen (secondary N) is 1. The SMILES string of the molecule is Cl.O=C(CCc1ccc(S(=O)(=O)N2CCCC2)cc1)N1C2CCNCC1CC2. The molecule has 2 atom stereocenters. The van der Waals surface area contributed by atoms with Gasteiger partial charge in [-0.3, -0.25) is 4.79 Å². The van der Waals surface area contributed by atoms with Crippen molar-refractivity contribution < 1.29 is 13.2 Å². The largest absolute Gasteiger partial charge is 0.335 e. The number of benzene rings is 1. The summed E-state index contributed by atoms with van der Waals surface area (Å²) in [4.78, 5) is 15.3. The van der Waals surface area contributed by atoms with Crippen LogP contribution in [0.5, 0.6) is 0 Å². The summed E-state index contributed by atoms with van der Waals surface area (Å²) in [6.45, 7) is 3.14. The summed E-state index contributed by atoms with van der Waals surface area (Å²) in [6.07, 6.45) is 6.30. The second-order valence-electron chi connectivity index (χ2n) is 7.93. The molecule has 1 aromatic carbocycles. The number of hydrogen-bond donors (Lipinski definition) is 1. The first-order valence-electron chi connectivity index (χ1n) is 10.2. The lowest BCUT2D eigenvalue weighted by Gasteiger charge is -2.28. The fourth-order valence-electron chi connectivity index (χ4n) is 4.68. The maximum Gasteiger partial charge on any atom is 0.243 e. The van der Waals surface area contributed by atoms with Gasteiger partial charge >= 0.3 is 0 Å². The number of amides is 1. The average Bonchev–Trinajstić information content (AvgIpc) is 3.28. The lowest BCUT2D eigenvalue weighted by molar-refractivity contribution is -0.133. The molecular formula is C20H30ClN3O3S. The van der Waals surface area contributed by atoms with Crippen LogP contribution >= 0.6 is 12.4 Å². The molecule has 1 N–H and O–H groups in total. The molecule has 0 aromatic heterocycles. The van der Waals surface area contributed by atoms with Gasteiger partial charge in [-0.25, -0.2) is 8.42 Å². The van der Waals surface area contributed by atoms with E-state index < -0.39 is 10.0 Å². The second kappa shape index (κ2) is 9.11. The number of aryl methyl sites for hydroxylation is 1. The van der Waals surface area contributed by atoms with Gasteiger partial charge in [0.1, 0.15) is 0 Å². The van der Waals surface area contributed by atoms with E-state index in [1.807, 2.05) is 12.1 Å². The summed E-state index contributed by atoms with van der Waals surface area (Å²) in [5.41, 5.74) is 1.02. The normalized spacial score (nSPS) is 25.4. The van der Waals surface area contributed by atoms with Gasteiger partial charge in [-0.15, -0.1) is 12.4 Å². The first-order valence-corrected chi connectivity index (χ1v) is 11.6. The van der Waals surface area contributed by atoms with Crippen molar-refractivity contribution in [3.63, 3.8) is 0 Å². The van der Waals surface area contributed by atoms with Crippen LogP contribution < -0.4 is 5.32 Å². The average molecular weight is 428 g/mol. The quantitative estimate of drug-likeness (QED) is 0.781. The number of fused-ring (bicyclic) bond motifs is 2. The molecule has 6 nitrogen and oxygen atoms in total. The molecular weight excluding hydrogens is 398 g/mol. The van der Waals surface area contributed by atoms with E-state index in [9.17, 15) is 13.2 Å². The van der Waals surface area contributed by atoms with Crippen LogP contribution in [0, 0.1) is 0 Å². The number of hydrogen-bond acceptors (Lipinski definition) is 4. The van der Waals surface area contributed by atoms with E-state index in [1.54, 1.807) is 16.4 Å². The van der Waals surface area contributed by atoms with E-state index in [2.05, 4.69) is 10.2 Å². The molecule has 2 unspecified atom stereocenters. The van der Waals surface area contributed by atoms with Crippen LogP contribution in [0.1, 0.15) is 44.1 Å². The van der Waals surface area contributed by atoms with Gasteiger partial charge in [-0.2, -0.15) is 4.31 Å². The fraction of sp³-hybridized carbons (Fsp3) is 0.650. The van der Waals surface area contributed by atoms with Crippen molar-refractivity contribution in [3.8, 4) is 0 Å². The molecule has 0 saturated carbocycles. The molecule has 3 saturated heterocycles. The van der Waals surface area contributed by atoms with Crippen molar-refractivity contribution in [1.29, 1.82) is 0 Å². The Kier molecular flexibility index (Phi) is 7.02. The van der Waals surface area contributed by atoms with Crippen LogP contribution in [0.4, 0.5) is 0 Å². The van der Waals surface area contributed by atoms with Gasteiger partial charge in [0.15, 0.2) is 0 Å². The number of rotatable bonds is 5. The Hall–Kier alpha value is -1.15. The van der Waals surface area contributed by atoms with Crippen LogP contribution in [0.2, 0.25) is 0 Å². The molecule has 0 aliphatic carbocycles. The number of carbonyl (C=O) groups is 1. The van der Waals surface area contributed by atoms with E-state index in [-0.39, 0.29) is 18.3 Å². The van der Waals surface area contributed by atoms with Crippen molar-refractivity contribution in [2.45, 2.75) is 61.9 Å². The lowest BCUT2D eigenvalue weighted by atomic mass is 10.1. The summed E-state index contributed by atoms with van der Waals surface area (Å²) in [5, 5.41) is 3.43. The molecule has 1 aromatic rings. The highest BCUT2D eigenvalue weighted by molar-refractivity contribution is 7.89. The van der Waals surface area contributed by atoms with Crippen LogP contribution in [0.25, 0.3) is 0 Å². The summed E-state index contributed by atoms with van der Waals surface area (Å²) in [5.74, 6) is 0.236. The Balaban J connectivity index is 0.00000225. The number of nitrogens with zero attached hydrogens (tertiary/aromatic N) is 2. The minimum Gasteiger partial charge on any atom is -0.335 e. The van der Waals surface area contributed by atoms with E-state index in [0.29, 0.717) is 42.9 Å². The van der Waals surface area contributed by atoms with E-state index in [0.717, 1.165) is 50.8 Å². The predicted molar refractivity (Wildman–Crippen MR) is 111 cm³/mol. The molecule has 0 spiro atoms. The molecule has 3 heterocycles. The summed E-state index contributed by atoms with van der Waals surface area (Å²) in [7, 11) is -3.36. The number of halogens is 1. The van der Waals surface area contributed by atoms with Crippen molar-refractivity contribution >= 4 is 28.3 Å². The molecule has 1 amide bonds. The zero-order valence-electron chi connectivity index (χ0n) is 16.2. The summed E-state index contributed by atoms with van der Waals surface area (Å²) < 4.78 is 26.7. The van der Waals surface area contributed by atoms with Crippen LogP contribution in [-0.4, -0.2) is 61.8 Å². The molecule has 2 bridgehead atoms. The Bertz CT molecular complexity index is 764. The minimum absolute atomic E-state index is 0. The third kappa shape index (κ3) is 4.37. The van der Waals surface area contributed by atoms with Crippen LogP contribution in [0.3, 0.4) is 0 Å². The highest BCUT2D eigenvalue weighted by Crippen LogP contribution is 2.29. The monoisotopic (exact) mass is 427 g/mol. The molecule has 3 fully saturated rings. The van der Waals surface area contributed by atoms with Gasteiger partial charge in [0.25, 0.3) is 0 Å². The number of sulfonamides is 1. The standard InChI is InChI=1S/C20H29N3O3S.ClH/c24-20(23-17-6-7-18(23)15-21-12-11-17)10-5-16-3-8-19(9-4-16)27(25,26)22-13-1-2-14-22;/h3-4,8-9,17-18,21H,1-2,5-7,10-15H2;1H. The summed E-state index contributed by atoms with van der Waals surface area (Å²) in [6, 6.07) is 7.83. The fourth-order valence-corrected chi connectivity index (χ4v) is 6.19. The molecule has 0 radical (unpaired) electrons. The first-order chi connectivity index (χ1) is 13.1. The van der Waals surface area contributed by atoms with Crippen molar-refractivity contribution in [2.24, 2.45) is 0 Å². The van der Waals surface area contributed by atoms with Gasteiger partial charge in [0.05, 0.1) is 4.90 Å². The van der Waals surface area contributed by atoms with Gasteiger partial charge in [-0.05, 0) is 62.8 Å². The van der Waals surface area contributed by atoms with E-state index in [4.69, 9.17) is 0 Å². The van der Waals surface area contributed by atoms with E-state index >= 15 is 0 Å². The van der Waals surface area contributed by atoms with Crippen LogP contribution in [0.15, 0.2) is 29.2 Å². The smallest absolute Gasteiger partial charge is 0.243 e. The molecule has 156 valence electrons. The lowest BCUT2D eigenvalue weighted by Crippen LogP contribution is -2.42. The molecule has 28 heavy (non-hydrogen) atoms. The van der Waals surface area contributed by atoms with Crippen molar-refractivity contribution in [3.05, 3.63) is 29.8 Å². The zero-order valence-corrected chi connectivity index (χ0v) is 17.8. The maximum atomic E-state index is 12.8. The molecule has 8 heteroatoms. The Labute approximate surface area is 174 Å². The minimum atomic E-state index is -3.36. The van der Waals surface area contributed by atoms with Gasteiger partial charge in [0.2, 0.25) is 15.9 Å². The number of carbonyl (C=O) groups excluding carboxylic acids is 1.